The lowest BCUT2D eigenvalue weighted by atomic mass is 10.0. The molecule has 1 heterocycles. The van der Waals surface area contributed by atoms with E-state index < -0.39 is 57.4 Å². The number of primary amides is 1. The Morgan fingerprint density at radius 2 is 1.32 bits per heavy atom. The molecule has 0 spiro atoms. The molecule has 0 saturated carbocycles. The number of aliphatic carboxylic acids is 1. The number of alkyl halides is 3. The van der Waals surface area contributed by atoms with Gasteiger partial charge in [0.15, 0.2) is 0 Å². The second-order valence-corrected chi connectivity index (χ2v) is 13.5. The molecule has 8 N–H and O–H groups in total. The van der Waals surface area contributed by atoms with E-state index >= 15 is 0 Å². The van der Waals surface area contributed by atoms with Gasteiger partial charge in [0.05, 0.1) is 11.3 Å². The Balaban J connectivity index is 0.000000872. The summed E-state index contributed by atoms with van der Waals surface area (Å²) in [6.07, 6.45) is -4.49. The zero-order valence-electron chi connectivity index (χ0n) is 26.6. The van der Waals surface area contributed by atoms with Gasteiger partial charge in [-0.2, -0.15) is 13.2 Å². The molecule has 1 aliphatic rings. The van der Waals surface area contributed by atoms with Gasteiger partial charge in [0.2, 0.25) is 27.7 Å². The molecule has 1 saturated heterocycles. The van der Waals surface area contributed by atoms with E-state index in [-0.39, 0.29) is 50.4 Å². The molecule has 17 heteroatoms. The number of aromatic hydroxyl groups is 1. The van der Waals surface area contributed by atoms with Crippen molar-refractivity contribution in [2.45, 2.75) is 55.2 Å². The maximum atomic E-state index is 13.5. The molecular weight excluding hydrogens is 683 g/mol. The molecule has 0 aliphatic carbocycles. The van der Waals surface area contributed by atoms with Crippen molar-refractivity contribution >= 4 is 33.7 Å². The van der Waals surface area contributed by atoms with Crippen molar-refractivity contribution in [1.29, 1.82) is 0 Å². The van der Waals surface area contributed by atoms with Crippen LogP contribution in [0.3, 0.4) is 0 Å². The third-order valence-electron chi connectivity index (χ3n) is 7.70. The highest BCUT2D eigenvalue weighted by atomic mass is 32.2. The monoisotopic (exact) mass is 721 g/mol. The van der Waals surface area contributed by atoms with E-state index in [1.165, 1.54) is 17.0 Å². The zero-order chi connectivity index (χ0) is 37.1. The van der Waals surface area contributed by atoms with E-state index in [9.17, 15) is 41.1 Å². The topological polar surface area (TPSA) is 222 Å². The van der Waals surface area contributed by atoms with Gasteiger partial charge in [-0.25, -0.2) is 17.9 Å². The maximum absolute atomic E-state index is 13.5. The number of benzene rings is 3. The van der Waals surface area contributed by atoms with E-state index in [1.54, 1.807) is 60.7 Å². The summed E-state index contributed by atoms with van der Waals surface area (Å²) >= 11 is 0. The largest absolute Gasteiger partial charge is 0.508 e. The van der Waals surface area contributed by atoms with E-state index in [0.29, 0.717) is 5.56 Å². The van der Waals surface area contributed by atoms with Crippen LogP contribution in [0.5, 0.6) is 5.75 Å². The average molecular weight is 722 g/mol. The summed E-state index contributed by atoms with van der Waals surface area (Å²) < 4.78 is 61.3. The summed E-state index contributed by atoms with van der Waals surface area (Å²) in [5.74, 6) is -4.47. The van der Waals surface area contributed by atoms with Crippen molar-refractivity contribution in [2.24, 2.45) is 11.5 Å². The first-order chi connectivity index (χ1) is 23.5. The molecule has 0 unspecified atom stereocenters. The van der Waals surface area contributed by atoms with E-state index in [4.69, 9.17) is 21.4 Å². The number of hydrogen-bond acceptors (Lipinski definition) is 8. The van der Waals surface area contributed by atoms with Crippen molar-refractivity contribution in [3.8, 4) is 5.75 Å². The van der Waals surface area contributed by atoms with Crippen LogP contribution in [0.1, 0.15) is 23.1 Å². The first kappa shape index (κ1) is 39.4. The van der Waals surface area contributed by atoms with Gasteiger partial charge in [0.1, 0.15) is 17.8 Å². The van der Waals surface area contributed by atoms with Crippen molar-refractivity contribution < 1.29 is 51.0 Å². The first-order valence-electron chi connectivity index (χ1n) is 15.3. The van der Waals surface area contributed by atoms with Crippen LogP contribution in [0.25, 0.3) is 0 Å². The lowest BCUT2D eigenvalue weighted by molar-refractivity contribution is -0.192. The van der Waals surface area contributed by atoms with Crippen LogP contribution in [-0.2, 0) is 48.5 Å². The Labute approximate surface area is 286 Å². The molecule has 4 rings (SSSR count). The Kier molecular flexibility index (Phi) is 13.9. The molecule has 1 aliphatic heterocycles. The number of sulfonamides is 1. The highest BCUT2D eigenvalue weighted by Crippen LogP contribution is 2.20. The number of likely N-dealkylation sites (tertiary alicyclic amines) is 1. The smallest absolute Gasteiger partial charge is 0.490 e. The van der Waals surface area contributed by atoms with E-state index in [1.807, 2.05) is 12.1 Å². The summed E-state index contributed by atoms with van der Waals surface area (Å²) in [6, 6.07) is 21.1. The number of carboxylic acid groups (broad SMARTS) is 1. The third-order valence-corrected chi connectivity index (χ3v) is 9.57. The standard InChI is InChI=1S/C31H37N5O6S.C2HF3O2/c32-26(17-23-11-13-24(37)14-12-23)31(40)36-16-15-25(20-36)43(41,42)35-28(19-22-9-5-2-6-10-22)30(39)34-27(29(33)38)18-21-7-3-1-4-8-21;3-2(4,5)1(6)7/h1-14,25-28,35,37H,15-20,32H2,(H2,33,38)(H,34,39);(H,6,7)/t25-,26-,27-,28-;/m0./s1. The van der Waals surface area contributed by atoms with Gasteiger partial charge in [0.25, 0.3) is 0 Å². The van der Waals surface area contributed by atoms with Crippen molar-refractivity contribution in [1.82, 2.24) is 14.9 Å². The summed E-state index contributed by atoms with van der Waals surface area (Å²) in [4.78, 5) is 49.0. The molecular formula is C33H38F3N5O8S. The fourth-order valence-corrected chi connectivity index (χ4v) is 6.64. The number of carbonyl (C=O) groups is 4. The van der Waals surface area contributed by atoms with E-state index in [2.05, 4.69) is 10.0 Å². The molecule has 0 bridgehead atoms. The summed E-state index contributed by atoms with van der Waals surface area (Å²) in [5, 5.41) is 18.3. The lowest BCUT2D eigenvalue weighted by Gasteiger charge is -2.24. The number of carbonyl (C=O) groups excluding carboxylic acids is 3. The van der Waals surface area contributed by atoms with E-state index in [0.717, 1.165) is 11.1 Å². The molecule has 3 amide bonds. The Bertz CT molecular complexity index is 1710. The van der Waals surface area contributed by atoms with Gasteiger partial charge >= 0.3 is 12.1 Å². The van der Waals surface area contributed by atoms with Gasteiger partial charge in [-0.3, -0.25) is 14.4 Å². The first-order valence-corrected chi connectivity index (χ1v) is 16.8. The van der Waals surface area contributed by atoms with Gasteiger partial charge < -0.3 is 31.9 Å². The molecule has 1 fully saturated rings. The molecule has 4 atom stereocenters. The predicted molar refractivity (Wildman–Crippen MR) is 176 cm³/mol. The van der Waals surface area contributed by atoms with Crippen LogP contribution in [0.2, 0.25) is 0 Å². The number of nitrogens with one attached hydrogen (secondary N) is 2. The normalized spacial score (nSPS) is 16.3. The number of halogens is 3. The SMILES string of the molecule is NC(=O)[C@H](Cc1ccccc1)NC(=O)[C@H](Cc1ccccc1)NS(=O)(=O)[C@H]1CCN(C(=O)[C@@H](N)Cc2ccc(O)cc2)C1.O=C(O)C(F)(F)F. The highest BCUT2D eigenvalue weighted by Gasteiger charge is 2.39. The quantitative estimate of drug-likeness (QED) is 0.149. The van der Waals surface area contributed by atoms with Gasteiger partial charge in [-0.1, -0.05) is 72.8 Å². The fourth-order valence-electron chi connectivity index (χ4n) is 5.07. The van der Waals surface area contributed by atoms with Gasteiger partial charge in [-0.05, 0) is 48.1 Å². The van der Waals surface area contributed by atoms with Crippen molar-refractivity contribution in [2.75, 3.05) is 13.1 Å². The van der Waals surface area contributed by atoms with Gasteiger partial charge in [-0.15, -0.1) is 0 Å². The Morgan fingerprint density at radius 3 is 1.80 bits per heavy atom. The number of phenols is 1. The van der Waals surface area contributed by atoms with Crippen LogP contribution in [0.15, 0.2) is 84.9 Å². The van der Waals surface area contributed by atoms with Crippen molar-refractivity contribution in [3.63, 3.8) is 0 Å². The maximum Gasteiger partial charge on any atom is 0.490 e. The molecule has 0 radical (unpaired) electrons. The molecule has 3 aromatic rings. The molecule has 0 aromatic heterocycles. The second-order valence-electron chi connectivity index (χ2n) is 11.5. The number of amides is 3. The third kappa shape index (κ3) is 12.2. The van der Waals surface area contributed by atoms with Crippen LogP contribution >= 0.6 is 0 Å². The van der Waals surface area contributed by atoms with Gasteiger partial charge in [0, 0.05) is 19.5 Å². The number of carboxylic acids is 1. The number of rotatable bonds is 13. The van der Waals surface area contributed by atoms with Crippen LogP contribution in [0.4, 0.5) is 13.2 Å². The van der Waals surface area contributed by atoms with Crippen molar-refractivity contribution in [3.05, 3.63) is 102 Å². The molecule has 50 heavy (non-hydrogen) atoms. The summed E-state index contributed by atoms with van der Waals surface area (Å²) in [5.41, 5.74) is 14.0. The minimum atomic E-state index is -5.08. The van der Waals surface area contributed by atoms with Crippen LogP contribution in [-0.4, -0.2) is 89.9 Å². The molecule has 13 nitrogen and oxygen atoms in total. The fraction of sp³-hybridized carbons (Fsp3) is 0.333. The zero-order valence-corrected chi connectivity index (χ0v) is 27.4. The molecule has 270 valence electrons. The minimum Gasteiger partial charge on any atom is -0.508 e. The Morgan fingerprint density at radius 1 is 0.840 bits per heavy atom. The predicted octanol–water partition coefficient (Wildman–Crippen LogP) is 1.24. The average Bonchev–Trinajstić information content (AvgIpc) is 3.57. The number of nitrogens with zero attached hydrogens (tertiary/aromatic N) is 1. The Hall–Kier alpha value is -5.00. The lowest BCUT2D eigenvalue weighted by Crippen LogP contribution is -2.55. The summed E-state index contributed by atoms with van der Waals surface area (Å²) in [6.45, 7) is 0.124. The second kappa shape index (κ2) is 17.6. The summed E-state index contributed by atoms with van der Waals surface area (Å²) in [7, 11) is -4.08. The number of hydrogen-bond donors (Lipinski definition) is 6. The van der Waals surface area contributed by atoms with Crippen LogP contribution < -0.4 is 21.5 Å². The number of phenolic OH excluding ortho intramolecular Hbond substituents is 1. The molecule has 3 aromatic carbocycles. The number of nitrogens with two attached hydrogens (primary N) is 2. The minimum absolute atomic E-state index is 0.0373. The van der Waals surface area contributed by atoms with Crippen LogP contribution in [0, 0.1) is 0 Å². The highest BCUT2D eigenvalue weighted by molar-refractivity contribution is 7.90.